The molecule has 0 fully saturated rings. The highest BCUT2D eigenvalue weighted by Crippen LogP contribution is 2.28. The van der Waals surface area contributed by atoms with Gasteiger partial charge in [-0.1, -0.05) is 35.8 Å². The molecule has 0 aliphatic heterocycles. The van der Waals surface area contributed by atoms with Crippen molar-refractivity contribution < 1.29 is 0 Å². The molecule has 0 saturated heterocycles. The second-order valence-electron chi connectivity index (χ2n) is 5.43. The predicted octanol–water partition coefficient (Wildman–Crippen LogP) is 4.35. The first-order valence-electron chi connectivity index (χ1n) is 7.30. The lowest BCUT2D eigenvalue weighted by Gasteiger charge is -2.31. The molecule has 1 atom stereocenters. The fourth-order valence-electron chi connectivity index (χ4n) is 2.30. The van der Waals surface area contributed by atoms with Crippen LogP contribution in [-0.2, 0) is 6.42 Å². The Morgan fingerprint density at radius 2 is 1.95 bits per heavy atom. The van der Waals surface area contributed by atoms with Gasteiger partial charge in [-0.15, -0.1) is 0 Å². The van der Waals surface area contributed by atoms with Gasteiger partial charge in [0.25, 0.3) is 0 Å². The summed E-state index contributed by atoms with van der Waals surface area (Å²) >= 11 is 3.59. The molecule has 0 spiro atoms. The molecule has 0 saturated carbocycles. The van der Waals surface area contributed by atoms with E-state index in [1.54, 1.807) is 0 Å². The van der Waals surface area contributed by atoms with E-state index in [9.17, 15) is 0 Å². The number of nitrogens with two attached hydrogens (primary N) is 1. The largest absolute Gasteiger partial charge is 0.369 e. The highest BCUT2D eigenvalue weighted by atomic mass is 79.9. The maximum Gasteiger partial charge on any atom is 0.0412 e. The van der Waals surface area contributed by atoms with Gasteiger partial charge < -0.3 is 10.6 Å². The average Bonchev–Trinajstić information content (AvgIpc) is 2.37. The van der Waals surface area contributed by atoms with Crippen molar-refractivity contribution in [2.45, 2.75) is 59.0 Å². The van der Waals surface area contributed by atoms with Gasteiger partial charge in [0.2, 0.25) is 0 Å². The summed E-state index contributed by atoms with van der Waals surface area (Å²) in [7, 11) is 0. The Bertz CT molecular complexity index is 390. The molecule has 0 aliphatic carbocycles. The highest BCUT2D eigenvalue weighted by molar-refractivity contribution is 9.10. The summed E-state index contributed by atoms with van der Waals surface area (Å²) in [4.78, 5) is 2.47. The molecule has 2 nitrogen and oxygen atoms in total. The quantitative estimate of drug-likeness (QED) is 0.806. The molecule has 0 bridgehead atoms. The zero-order valence-corrected chi connectivity index (χ0v) is 14.2. The van der Waals surface area contributed by atoms with Crippen LogP contribution in [0.25, 0.3) is 0 Å². The minimum atomic E-state index is 0.246. The predicted molar refractivity (Wildman–Crippen MR) is 88.9 cm³/mol. The fraction of sp³-hybridized carbons (Fsp3) is 0.625. The molecule has 0 heterocycles. The van der Waals surface area contributed by atoms with Crippen LogP contribution in [-0.4, -0.2) is 18.6 Å². The number of benzene rings is 1. The summed E-state index contributed by atoms with van der Waals surface area (Å²) in [5.41, 5.74) is 8.82. The number of halogens is 1. The summed E-state index contributed by atoms with van der Waals surface area (Å²) in [6.07, 6.45) is 3.13. The Hall–Kier alpha value is -0.540. The number of anilines is 1. The SMILES string of the molecule is CCCN(c1cc(Br)ccc1CC(N)CC)C(C)C. The Balaban J connectivity index is 3.10. The maximum absolute atomic E-state index is 6.13. The van der Waals surface area contributed by atoms with Crippen LogP contribution in [0, 0.1) is 0 Å². The van der Waals surface area contributed by atoms with Gasteiger partial charge in [0.15, 0.2) is 0 Å². The van der Waals surface area contributed by atoms with Gasteiger partial charge in [0, 0.05) is 28.8 Å². The summed E-state index contributed by atoms with van der Waals surface area (Å²) in [6, 6.07) is 7.31. The third-order valence-electron chi connectivity index (χ3n) is 3.45. The van der Waals surface area contributed by atoms with E-state index in [-0.39, 0.29) is 6.04 Å². The van der Waals surface area contributed by atoms with Crippen LogP contribution in [0.5, 0.6) is 0 Å². The molecule has 108 valence electrons. The molecule has 3 heteroatoms. The van der Waals surface area contributed by atoms with Crippen molar-refractivity contribution in [3.05, 3.63) is 28.2 Å². The lowest BCUT2D eigenvalue weighted by molar-refractivity contribution is 0.633. The molecular weight excluding hydrogens is 300 g/mol. The first-order valence-corrected chi connectivity index (χ1v) is 8.09. The van der Waals surface area contributed by atoms with Crippen molar-refractivity contribution >= 4 is 21.6 Å². The number of hydrogen-bond donors (Lipinski definition) is 1. The van der Waals surface area contributed by atoms with Crippen LogP contribution >= 0.6 is 15.9 Å². The van der Waals surface area contributed by atoms with Crippen LogP contribution in [0.4, 0.5) is 5.69 Å². The van der Waals surface area contributed by atoms with Crippen molar-refractivity contribution in [3.63, 3.8) is 0 Å². The van der Waals surface area contributed by atoms with E-state index in [0.717, 1.165) is 30.3 Å². The van der Waals surface area contributed by atoms with E-state index in [4.69, 9.17) is 5.73 Å². The smallest absolute Gasteiger partial charge is 0.0412 e. The topological polar surface area (TPSA) is 29.3 Å². The Kier molecular flexibility index (Phi) is 6.87. The average molecular weight is 327 g/mol. The lowest BCUT2D eigenvalue weighted by Crippen LogP contribution is -2.33. The highest BCUT2D eigenvalue weighted by Gasteiger charge is 2.15. The van der Waals surface area contributed by atoms with Gasteiger partial charge in [-0.25, -0.2) is 0 Å². The maximum atomic E-state index is 6.13. The lowest BCUT2D eigenvalue weighted by atomic mass is 10.0. The van der Waals surface area contributed by atoms with Gasteiger partial charge >= 0.3 is 0 Å². The molecule has 0 radical (unpaired) electrons. The van der Waals surface area contributed by atoms with Gasteiger partial charge in [0.05, 0.1) is 0 Å². The fourth-order valence-corrected chi connectivity index (χ4v) is 2.65. The zero-order valence-electron chi connectivity index (χ0n) is 12.6. The first kappa shape index (κ1) is 16.5. The van der Waals surface area contributed by atoms with E-state index >= 15 is 0 Å². The summed E-state index contributed by atoms with van der Waals surface area (Å²) in [5, 5.41) is 0. The van der Waals surface area contributed by atoms with Gasteiger partial charge in [-0.05, 0) is 50.8 Å². The normalized spacial score (nSPS) is 12.8. The number of nitrogens with zero attached hydrogens (tertiary/aromatic N) is 1. The van der Waals surface area contributed by atoms with Crippen molar-refractivity contribution in [1.82, 2.24) is 0 Å². The van der Waals surface area contributed by atoms with Gasteiger partial charge in [-0.3, -0.25) is 0 Å². The molecule has 19 heavy (non-hydrogen) atoms. The van der Waals surface area contributed by atoms with E-state index in [1.807, 2.05) is 0 Å². The molecule has 0 aromatic heterocycles. The molecule has 1 aromatic rings. The standard InChI is InChI=1S/C16H27BrN2/c1-5-9-19(12(3)4)16-11-14(17)8-7-13(16)10-15(18)6-2/h7-8,11-12,15H,5-6,9-10,18H2,1-4H3. The van der Waals surface area contributed by atoms with Crippen molar-refractivity contribution in [3.8, 4) is 0 Å². The van der Waals surface area contributed by atoms with E-state index in [0.29, 0.717) is 6.04 Å². The van der Waals surface area contributed by atoms with E-state index in [1.165, 1.54) is 11.3 Å². The Morgan fingerprint density at radius 1 is 1.26 bits per heavy atom. The van der Waals surface area contributed by atoms with Crippen LogP contribution in [0.1, 0.15) is 46.1 Å². The van der Waals surface area contributed by atoms with Crippen molar-refractivity contribution in [1.29, 1.82) is 0 Å². The number of rotatable bonds is 7. The van der Waals surface area contributed by atoms with Crippen molar-refractivity contribution in [2.24, 2.45) is 5.73 Å². The third-order valence-corrected chi connectivity index (χ3v) is 3.94. The second kappa shape index (κ2) is 7.91. The summed E-state index contributed by atoms with van der Waals surface area (Å²) in [6.45, 7) is 9.96. The van der Waals surface area contributed by atoms with Crippen LogP contribution in [0.2, 0.25) is 0 Å². The van der Waals surface area contributed by atoms with Crippen LogP contribution in [0.15, 0.2) is 22.7 Å². The molecule has 1 rings (SSSR count). The van der Waals surface area contributed by atoms with Crippen LogP contribution < -0.4 is 10.6 Å². The Labute approximate surface area is 126 Å². The number of hydrogen-bond acceptors (Lipinski definition) is 2. The van der Waals surface area contributed by atoms with E-state index < -0.39 is 0 Å². The van der Waals surface area contributed by atoms with Gasteiger partial charge in [-0.2, -0.15) is 0 Å². The van der Waals surface area contributed by atoms with E-state index in [2.05, 4.69) is 66.7 Å². The second-order valence-corrected chi connectivity index (χ2v) is 6.35. The molecule has 2 N–H and O–H groups in total. The Morgan fingerprint density at radius 3 is 2.47 bits per heavy atom. The minimum Gasteiger partial charge on any atom is -0.369 e. The minimum absolute atomic E-state index is 0.246. The molecule has 0 amide bonds. The molecule has 0 aliphatic rings. The van der Waals surface area contributed by atoms with Crippen molar-refractivity contribution in [2.75, 3.05) is 11.4 Å². The molecular formula is C16H27BrN2. The first-order chi connectivity index (χ1) is 8.99. The summed E-state index contributed by atoms with van der Waals surface area (Å²) < 4.78 is 1.14. The third kappa shape index (κ3) is 4.81. The monoisotopic (exact) mass is 326 g/mol. The molecule has 1 aromatic carbocycles. The summed E-state index contributed by atoms with van der Waals surface area (Å²) in [5.74, 6) is 0. The van der Waals surface area contributed by atoms with Gasteiger partial charge in [0.1, 0.15) is 0 Å². The zero-order chi connectivity index (χ0) is 14.4. The van der Waals surface area contributed by atoms with Crippen LogP contribution in [0.3, 0.4) is 0 Å². The molecule has 1 unspecified atom stereocenters.